The first kappa shape index (κ1) is 11.5. The lowest BCUT2D eigenvalue weighted by atomic mass is 10.4. The number of carbonyl (C=O) groups is 1. The Bertz CT molecular complexity index is 179. The van der Waals surface area contributed by atoms with Crippen LogP contribution in [0, 0.1) is 0 Å². The Morgan fingerprint density at radius 1 is 1.43 bits per heavy atom. The van der Waals surface area contributed by atoms with Crippen LogP contribution in [0.2, 0.25) is 0 Å². The highest BCUT2D eigenvalue weighted by molar-refractivity contribution is 5.78. The van der Waals surface area contributed by atoms with Crippen molar-refractivity contribution in [3.8, 4) is 0 Å². The predicted octanol–water partition coefficient (Wildman–Crippen LogP) is 0.187. The summed E-state index contributed by atoms with van der Waals surface area (Å²) in [5.41, 5.74) is 0. The number of amides is 1. The number of hydrogen-bond acceptors (Lipinski definition) is 3. The Balaban J connectivity index is 2.18. The summed E-state index contributed by atoms with van der Waals surface area (Å²) in [4.78, 5) is 15.6. The van der Waals surface area contributed by atoms with E-state index in [2.05, 4.69) is 0 Å². The minimum Gasteiger partial charge on any atom is -0.383 e. The molecule has 0 bridgehead atoms. The van der Waals surface area contributed by atoms with E-state index in [1.807, 2.05) is 16.8 Å². The van der Waals surface area contributed by atoms with E-state index >= 15 is 0 Å². The first-order chi connectivity index (χ1) is 6.74. The van der Waals surface area contributed by atoms with Crippen LogP contribution in [0.5, 0.6) is 0 Å². The number of nitrogens with zero attached hydrogens (tertiary/aromatic N) is 2. The van der Waals surface area contributed by atoms with Crippen molar-refractivity contribution in [3.05, 3.63) is 0 Å². The van der Waals surface area contributed by atoms with Gasteiger partial charge in [0.2, 0.25) is 5.91 Å². The van der Waals surface area contributed by atoms with Gasteiger partial charge < -0.3 is 9.64 Å². The molecule has 0 radical (unpaired) electrons. The fourth-order valence-corrected chi connectivity index (χ4v) is 1.62. The number of carbonyl (C=O) groups excluding carboxylic acids is 1. The van der Waals surface area contributed by atoms with E-state index in [1.54, 1.807) is 7.11 Å². The third-order valence-corrected chi connectivity index (χ3v) is 2.54. The molecule has 0 saturated carbocycles. The summed E-state index contributed by atoms with van der Waals surface area (Å²) in [7, 11) is 3.63. The highest BCUT2D eigenvalue weighted by Gasteiger charge is 2.18. The number of ether oxygens (including phenoxy) is 1. The molecule has 1 rings (SSSR count). The lowest BCUT2D eigenvalue weighted by Crippen LogP contribution is -2.38. The fourth-order valence-electron chi connectivity index (χ4n) is 1.62. The topological polar surface area (TPSA) is 32.8 Å². The zero-order chi connectivity index (χ0) is 10.4. The van der Waals surface area contributed by atoms with Gasteiger partial charge >= 0.3 is 0 Å². The van der Waals surface area contributed by atoms with Crippen LogP contribution in [0.15, 0.2) is 0 Å². The molecule has 0 aromatic carbocycles. The average molecular weight is 200 g/mol. The van der Waals surface area contributed by atoms with Crippen LogP contribution in [0.25, 0.3) is 0 Å². The Morgan fingerprint density at radius 3 is 2.64 bits per heavy atom. The molecule has 0 aromatic rings. The number of rotatable bonds is 5. The largest absolute Gasteiger partial charge is 0.383 e. The van der Waals surface area contributed by atoms with Gasteiger partial charge in [0, 0.05) is 26.7 Å². The normalized spacial score (nSPS) is 16.6. The van der Waals surface area contributed by atoms with Crippen LogP contribution in [-0.2, 0) is 9.53 Å². The summed E-state index contributed by atoms with van der Waals surface area (Å²) in [5.74, 6) is 0.251. The second-order valence-corrected chi connectivity index (χ2v) is 3.82. The van der Waals surface area contributed by atoms with Crippen molar-refractivity contribution in [2.75, 3.05) is 46.9 Å². The smallest absolute Gasteiger partial charge is 0.236 e. The number of likely N-dealkylation sites (tertiary alicyclic amines) is 1. The zero-order valence-electron chi connectivity index (χ0n) is 9.16. The van der Waals surface area contributed by atoms with Gasteiger partial charge in [-0.05, 0) is 19.9 Å². The Kier molecular flexibility index (Phi) is 4.90. The lowest BCUT2D eigenvalue weighted by molar-refractivity contribution is -0.131. The van der Waals surface area contributed by atoms with Crippen molar-refractivity contribution in [3.63, 3.8) is 0 Å². The molecular weight excluding hydrogens is 180 g/mol. The summed E-state index contributed by atoms with van der Waals surface area (Å²) >= 11 is 0. The monoisotopic (exact) mass is 200 g/mol. The number of likely N-dealkylation sites (N-methyl/N-ethyl adjacent to an activating group) is 1. The maximum Gasteiger partial charge on any atom is 0.236 e. The molecule has 1 aliphatic heterocycles. The zero-order valence-corrected chi connectivity index (χ0v) is 9.16. The molecule has 0 atom stereocenters. The SMILES string of the molecule is COCCN(C)CC(=O)N1CCCC1. The van der Waals surface area contributed by atoms with Gasteiger partial charge in [0.25, 0.3) is 0 Å². The standard InChI is InChI=1S/C10H20N2O2/c1-11(7-8-14-2)9-10(13)12-5-3-4-6-12/h3-9H2,1-2H3. The first-order valence-electron chi connectivity index (χ1n) is 5.19. The second kappa shape index (κ2) is 5.98. The molecule has 1 amide bonds. The maximum absolute atomic E-state index is 11.7. The van der Waals surface area contributed by atoms with E-state index in [-0.39, 0.29) is 5.91 Å². The summed E-state index contributed by atoms with van der Waals surface area (Å²) in [6.45, 7) is 3.90. The van der Waals surface area contributed by atoms with E-state index in [9.17, 15) is 4.79 Å². The van der Waals surface area contributed by atoms with Gasteiger partial charge in [-0.3, -0.25) is 9.69 Å². The van der Waals surface area contributed by atoms with Crippen LogP contribution in [0.4, 0.5) is 0 Å². The van der Waals surface area contributed by atoms with Gasteiger partial charge in [-0.25, -0.2) is 0 Å². The number of methoxy groups -OCH3 is 1. The van der Waals surface area contributed by atoms with Crippen molar-refractivity contribution in [1.29, 1.82) is 0 Å². The van der Waals surface area contributed by atoms with E-state index in [1.165, 1.54) is 0 Å². The molecule has 1 saturated heterocycles. The third-order valence-electron chi connectivity index (χ3n) is 2.54. The molecule has 1 heterocycles. The van der Waals surface area contributed by atoms with Gasteiger partial charge in [0.1, 0.15) is 0 Å². The predicted molar refractivity (Wildman–Crippen MR) is 55.2 cm³/mol. The molecule has 0 N–H and O–H groups in total. The molecule has 0 aliphatic carbocycles. The molecule has 4 nitrogen and oxygen atoms in total. The van der Waals surface area contributed by atoms with Crippen molar-refractivity contribution < 1.29 is 9.53 Å². The van der Waals surface area contributed by atoms with Crippen molar-refractivity contribution in [2.24, 2.45) is 0 Å². The summed E-state index contributed by atoms with van der Waals surface area (Å²) in [6.07, 6.45) is 2.32. The Labute approximate surface area is 85.8 Å². The molecular formula is C10H20N2O2. The first-order valence-corrected chi connectivity index (χ1v) is 5.19. The van der Waals surface area contributed by atoms with Crippen LogP contribution in [0.3, 0.4) is 0 Å². The highest BCUT2D eigenvalue weighted by atomic mass is 16.5. The highest BCUT2D eigenvalue weighted by Crippen LogP contribution is 2.07. The fraction of sp³-hybridized carbons (Fsp3) is 0.900. The van der Waals surface area contributed by atoms with Crippen molar-refractivity contribution >= 4 is 5.91 Å². The summed E-state index contributed by atoms with van der Waals surface area (Å²) in [5, 5.41) is 0. The van der Waals surface area contributed by atoms with Crippen LogP contribution in [-0.4, -0.2) is 62.7 Å². The number of hydrogen-bond donors (Lipinski definition) is 0. The molecule has 82 valence electrons. The molecule has 0 aromatic heterocycles. The summed E-state index contributed by atoms with van der Waals surface area (Å²) in [6, 6.07) is 0. The maximum atomic E-state index is 11.7. The van der Waals surface area contributed by atoms with Gasteiger partial charge in [-0.1, -0.05) is 0 Å². The molecule has 1 aliphatic rings. The van der Waals surface area contributed by atoms with Crippen LogP contribution < -0.4 is 0 Å². The Hall–Kier alpha value is -0.610. The van der Waals surface area contributed by atoms with E-state index in [0.29, 0.717) is 13.2 Å². The van der Waals surface area contributed by atoms with Crippen molar-refractivity contribution in [2.45, 2.75) is 12.8 Å². The van der Waals surface area contributed by atoms with E-state index in [4.69, 9.17) is 4.74 Å². The van der Waals surface area contributed by atoms with Crippen LogP contribution in [0.1, 0.15) is 12.8 Å². The van der Waals surface area contributed by atoms with E-state index in [0.717, 1.165) is 32.5 Å². The van der Waals surface area contributed by atoms with Gasteiger partial charge in [0.15, 0.2) is 0 Å². The molecule has 4 heteroatoms. The minimum absolute atomic E-state index is 0.251. The molecule has 1 fully saturated rings. The summed E-state index contributed by atoms with van der Waals surface area (Å²) < 4.78 is 4.95. The van der Waals surface area contributed by atoms with Gasteiger partial charge in [-0.15, -0.1) is 0 Å². The molecule has 0 unspecified atom stereocenters. The Morgan fingerprint density at radius 2 is 2.07 bits per heavy atom. The van der Waals surface area contributed by atoms with Crippen LogP contribution >= 0.6 is 0 Å². The quantitative estimate of drug-likeness (QED) is 0.635. The van der Waals surface area contributed by atoms with Gasteiger partial charge in [-0.2, -0.15) is 0 Å². The third kappa shape index (κ3) is 3.64. The lowest BCUT2D eigenvalue weighted by Gasteiger charge is -2.20. The van der Waals surface area contributed by atoms with Gasteiger partial charge in [0.05, 0.1) is 13.2 Å². The van der Waals surface area contributed by atoms with Crippen molar-refractivity contribution in [1.82, 2.24) is 9.80 Å². The average Bonchev–Trinajstić information content (AvgIpc) is 2.67. The molecule has 14 heavy (non-hydrogen) atoms. The minimum atomic E-state index is 0.251. The van der Waals surface area contributed by atoms with E-state index < -0.39 is 0 Å². The molecule has 0 spiro atoms. The second-order valence-electron chi connectivity index (χ2n) is 3.82.